The number of hydrogen-bond acceptors (Lipinski definition) is 5. The van der Waals surface area contributed by atoms with Crippen LogP contribution in [-0.2, 0) is 13.0 Å². The van der Waals surface area contributed by atoms with E-state index in [-0.39, 0.29) is 0 Å². The molecule has 1 heterocycles. The molecule has 1 aromatic carbocycles. The van der Waals surface area contributed by atoms with Crippen LogP contribution in [0.4, 0.5) is 0 Å². The Balaban J connectivity index is 1.77. The van der Waals surface area contributed by atoms with Crippen molar-refractivity contribution in [2.24, 2.45) is 0 Å². The maximum atomic E-state index is 5.73. The zero-order chi connectivity index (χ0) is 15.1. The van der Waals surface area contributed by atoms with Crippen molar-refractivity contribution in [1.29, 1.82) is 0 Å². The highest BCUT2D eigenvalue weighted by molar-refractivity contribution is 7.09. The van der Waals surface area contributed by atoms with Crippen LogP contribution in [-0.4, -0.2) is 24.7 Å². The molecule has 0 unspecified atom stereocenters. The second kappa shape index (κ2) is 8.00. The molecule has 1 aromatic heterocycles. The number of methoxy groups -OCH3 is 1. The van der Waals surface area contributed by atoms with Crippen molar-refractivity contribution in [2.75, 3.05) is 13.7 Å². The Morgan fingerprint density at radius 2 is 2.10 bits per heavy atom. The second-order valence-corrected chi connectivity index (χ2v) is 5.99. The van der Waals surface area contributed by atoms with E-state index in [1.165, 1.54) is 0 Å². The van der Waals surface area contributed by atoms with Crippen LogP contribution in [0.3, 0.4) is 0 Å². The van der Waals surface area contributed by atoms with E-state index in [0.29, 0.717) is 12.6 Å². The van der Waals surface area contributed by atoms with E-state index in [2.05, 4.69) is 29.5 Å². The van der Waals surface area contributed by atoms with Crippen molar-refractivity contribution in [3.63, 3.8) is 0 Å². The zero-order valence-electron chi connectivity index (χ0n) is 12.8. The van der Waals surface area contributed by atoms with Gasteiger partial charge in [0.25, 0.3) is 0 Å². The van der Waals surface area contributed by atoms with Gasteiger partial charge in [0.1, 0.15) is 11.5 Å². The Kier molecular flexibility index (Phi) is 6.02. The minimum Gasteiger partial charge on any atom is -0.497 e. The van der Waals surface area contributed by atoms with Crippen molar-refractivity contribution < 1.29 is 9.47 Å². The largest absolute Gasteiger partial charge is 0.497 e. The van der Waals surface area contributed by atoms with Crippen molar-refractivity contribution in [1.82, 2.24) is 10.3 Å². The lowest BCUT2D eigenvalue weighted by atomic mass is 10.3. The Labute approximate surface area is 130 Å². The van der Waals surface area contributed by atoms with E-state index in [0.717, 1.165) is 35.2 Å². The van der Waals surface area contributed by atoms with Gasteiger partial charge in [0.15, 0.2) is 0 Å². The SMILES string of the molecule is COc1cccc(OCCc2nc(CNC(C)C)cs2)c1. The number of hydrogen-bond donors (Lipinski definition) is 1. The summed E-state index contributed by atoms with van der Waals surface area (Å²) < 4.78 is 10.9. The van der Waals surface area contributed by atoms with Gasteiger partial charge in [-0.25, -0.2) is 4.98 Å². The fraction of sp³-hybridized carbons (Fsp3) is 0.438. The summed E-state index contributed by atoms with van der Waals surface area (Å²) in [5.74, 6) is 1.64. The average Bonchev–Trinajstić information content (AvgIpc) is 2.93. The zero-order valence-corrected chi connectivity index (χ0v) is 13.6. The predicted octanol–water partition coefficient (Wildman–Crippen LogP) is 3.27. The first-order valence-electron chi connectivity index (χ1n) is 7.11. The van der Waals surface area contributed by atoms with Crippen LogP contribution in [0, 0.1) is 0 Å². The number of nitrogens with zero attached hydrogens (tertiary/aromatic N) is 1. The molecule has 4 nitrogen and oxygen atoms in total. The Bertz CT molecular complexity index is 555. The molecule has 0 aliphatic carbocycles. The van der Waals surface area contributed by atoms with Gasteiger partial charge < -0.3 is 14.8 Å². The summed E-state index contributed by atoms with van der Waals surface area (Å²) in [6.07, 6.45) is 0.823. The summed E-state index contributed by atoms with van der Waals surface area (Å²) in [5, 5.41) is 6.59. The maximum absolute atomic E-state index is 5.73. The average molecular weight is 306 g/mol. The predicted molar refractivity (Wildman–Crippen MR) is 86.3 cm³/mol. The van der Waals surface area contributed by atoms with Crippen LogP contribution in [0.15, 0.2) is 29.6 Å². The summed E-state index contributed by atoms with van der Waals surface area (Å²) in [6.45, 7) is 5.72. The standard InChI is InChI=1S/C16H22N2O2S/c1-12(2)17-10-13-11-21-16(18-13)7-8-20-15-6-4-5-14(9-15)19-3/h4-6,9,11-12,17H,7-8,10H2,1-3H3. The number of benzene rings is 1. The number of ether oxygens (including phenoxy) is 2. The molecule has 0 atom stereocenters. The van der Waals surface area contributed by atoms with Gasteiger partial charge in [-0.2, -0.15) is 0 Å². The third kappa shape index (κ3) is 5.36. The Morgan fingerprint density at radius 3 is 2.86 bits per heavy atom. The molecule has 2 rings (SSSR count). The van der Waals surface area contributed by atoms with Crippen molar-refractivity contribution in [3.05, 3.63) is 40.3 Å². The van der Waals surface area contributed by atoms with E-state index in [1.54, 1.807) is 18.4 Å². The molecule has 0 saturated carbocycles. The van der Waals surface area contributed by atoms with Crippen LogP contribution in [0.25, 0.3) is 0 Å². The molecular formula is C16H22N2O2S. The fourth-order valence-corrected chi connectivity index (χ4v) is 2.58. The maximum Gasteiger partial charge on any atom is 0.123 e. The molecular weight excluding hydrogens is 284 g/mol. The highest BCUT2D eigenvalue weighted by Crippen LogP contribution is 2.19. The van der Waals surface area contributed by atoms with E-state index >= 15 is 0 Å². The highest BCUT2D eigenvalue weighted by Gasteiger charge is 2.04. The lowest BCUT2D eigenvalue weighted by Gasteiger charge is -2.06. The van der Waals surface area contributed by atoms with Gasteiger partial charge in [0.05, 0.1) is 24.4 Å². The lowest BCUT2D eigenvalue weighted by molar-refractivity contribution is 0.318. The Hall–Kier alpha value is -1.59. The molecule has 0 amide bonds. The molecule has 21 heavy (non-hydrogen) atoms. The van der Waals surface area contributed by atoms with E-state index in [1.807, 2.05) is 24.3 Å². The lowest BCUT2D eigenvalue weighted by Crippen LogP contribution is -2.21. The molecule has 114 valence electrons. The number of rotatable bonds is 8. The smallest absolute Gasteiger partial charge is 0.123 e. The summed E-state index contributed by atoms with van der Waals surface area (Å²) in [4.78, 5) is 4.60. The third-order valence-corrected chi connectivity index (χ3v) is 3.87. The van der Waals surface area contributed by atoms with Crippen LogP contribution >= 0.6 is 11.3 Å². The van der Waals surface area contributed by atoms with Gasteiger partial charge in [0, 0.05) is 30.5 Å². The van der Waals surface area contributed by atoms with E-state index < -0.39 is 0 Å². The molecule has 0 fully saturated rings. The molecule has 1 N–H and O–H groups in total. The summed E-state index contributed by atoms with van der Waals surface area (Å²) in [6, 6.07) is 8.13. The molecule has 2 aromatic rings. The first-order valence-corrected chi connectivity index (χ1v) is 7.99. The monoisotopic (exact) mass is 306 g/mol. The summed E-state index contributed by atoms with van der Waals surface area (Å²) in [7, 11) is 1.65. The Morgan fingerprint density at radius 1 is 1.29 bits per heavy atom. The van der Waals surface area contributed by atoms with Crippen molar-refractivity contribution in [3.8, 4) is 11.5 Å². The quantitative estimate of drug-likeness (QED) is 0.813. The topological polar surface area (TPSA) is 43.4 Å². The van der Waals surface area contributed by atoms with Crippen LogP contribution in [0.5, 0.6) is 11.5 Å². The van der Waals surface area contributed by atoms with E-state index in [9.17, 15) is 0 Å². The highest BCUT2D eigenvalue weighted by atomic mass is 32.1. The van der Waals surface area contributed by atoms with Gasteiger partial charge in [-0.1, -0.05) is 19.9 Å². The molecule has 0 bridgehead atoms. The van der Waals surface area contributed by atoms with Crippen LogP contribution in [0.2, 0.25) is 0 Å². The number of aromatic nitrogens is 1. The van der Waals surface area contributed by atoms with Crippen molar-refractivity contribution in [2.45, 2.75) is 32.9 Å². The first-order chi connectivity index (χ1) is 10.2. The minimum absolute atomic E-state index is 0.478. The molecule has 0 aliphatic rings. The van der Waals surface area contributed by atoms with Crippen LogP contribution < -0.4 is 14.8 Å². The van der Waals surface area contributed by atoms with Gasteiger partial charge in [-0.3, -0.25) is 0 Å². The van der Waals surface area contributed by atoms with Crippen molar-refractivity contribution >= 4 is 11.3 Å². The molecule has 0 aliphatic heterocycles. The summed E-state index contributed by atoms with van der Waals surface area (Å²) in [5.41, 5.74) is 1.10. The summed E-state index contributed by atoms with van der Waals surface area (Å²) >= 11 is 1.69. The molecule has 0 spiro atoms. The normalized spacial score (nSPS) is 10.9. The second-order valence-electron chi connectivity index (χ2n) is 5.05. The molecule has 0 radical (unpaired) electrons. The number of nitrogens with one attached hydrogen (secondary N) is 1. The molecule has 0 saturated heterocycles. The fourth-order valence-electron chi connectivity index (χ4n) is 1.80. The van der Waals surface area contributed by atoms with Gasteiger partial charge >= 0.3 is 0 Å². The van der Waals surface area contributed by atoms with Gasteiger partial charge in [-0.15, -0.1) is 11.3 Å². The van der Waals surface area contributed by atoms with Gasteiger partial charge in [0.2, 0.25) is 0 Å². The van der Waals surface area contributed by atoms with Crippen LogP contribution in [0.1, 0.15) is 24.5 Å². The molecule has 5 heteroatoms. The minimum atomic E-state index is 0.478. The first kappa shape index (κ1) is 15.8. The van der Waals surface area contributed by atoms with E-state index in [4.69, 9.17) is 9.47 Å². The number of thiazole rings is 1. The third-order valence-electron chi connectivity index (χ3n) is 2.92. The van der Waals surface area contributed by atoms with Gasteiger partial charge in [-0.05, 0) is 12.1 Å².